The number of nitrogen functional groups attached to an aromatic ring is 1. The molecule has 2 rings (SSSR count). The van der Waals surface area contributed by atoms with Crippen LogP contribution in [0.5, 0.6) is 0 Å². The maximum Gasteiger partial charge on any atom is 0.323 e. The monoisotopic (exact) mass is 283 g/mol. The molecule has 0 heterocycles. The van der Waals surface area contributed by atoms with Crippen molar-refractivity contribution in [2.75, 3.05) is 16.4 Å². The molecule has 2 aromatic rings. The van der Waals surface area contributed by atoms with Gasteiger partial charge in [0.15, 0.2) is 0 Å². The zero-order chi connectivity index (χ0) is 15.5. The van der Waals surface area contributed by atoms with Crippen molar-refractivity contribution in [3.05, 3.63) is 54.1 Å². The van der Waals surface area contributed by atoms with Crippen LogP contribution >= 0.6 is 0 Å². The van der Waals surface area contributed by atoms with Gasteiger partial charge in [-0.3, -0.25) is 0 Å². The molecule has 2 amide bonds. The summed E-state index contributed by atoms with van der Waals surface area (Å²) in [6, 6.07) is 14.6. The van der Waals surface area contributed by atoms with Crippen LogP contribution in [0.1, 0.15) is 26.3 Å². The molecule has 0 aliphatic heterocycles. The summed E-state index contributed by atoms with van der Waals surface area (Å²) in [4.78, 5) is 11.9. The first-order valence-corrected chi connectivity index (χ1v) is 6.89. The first-order valence-electron chi connectivity index (χ1n) is 6.89. The summed E-state index contributed by atoms with van der Waals surface area (Å²) in [6.07, 6.45) is 0. The Labute approximate surface area is 125 Å². The van der Waals surface area contributed by atoms with E-state index in [-0.39, 0.29) is 11.4 Å². The summed E-state index contributed by atoms with van der Waals surface area (Å²) < 4.78 is 0. The van der Waals surface area contributed by atoms with Crippen molar-refractivity contribution in [2.24, 2.45) is 0 Å². The predicted octanol–water partition coefficient (Wildman–Crippen LogP) is 4.21. The molecular weight excluding hydrogens is 262 g/mol. The Balaban J connectivity index is 2.00. The molecule has 21 heavy (non-hydrogen) atoms. The molecule has 0 aromatic heterocycles. The van der Waals surface area contributed by atoms with Gasteiger partial charge < -0.3 is 16.4 Å². The Kier molecular flexibility index (Phi) is 4.17. The van der Waals surface area contributed by atoms with Gasteiger partial charge in [0.2, 0.25) is 0 Å². The van der Waals surface area contributed by atoms with Crippen LogP contribution in [0.4, 0.5) is 21.9 Å². The molecule has 4 nitrogen and oxygen atoms in total. The topological polar surface area (TPSA) is 67.2 Å². The van der Waals surface area contributed by atoms with Crippen molar-refractivity contribution >= 4 is 23.1 Å². The van der Waals surface area contributed by atoms with Gasteiger partial charge in [-0.25, -0.2) is 4.79 Å². The molecule has 0 saturated carbocycles. The summed E-state index contributed by atoms with van der Waals surface area (Å²) in [5.74, 6) is 0. The van der Waals surface area contributed by atoms with Crippen LogP contribution < -0.4 is 16.4 Å². The maximum absolute atomic E-state index is 11.9. The van der Waals surface area contributed by atoms with Gasteiger partial charge in [-0.2, -0.15) is 0 Å². The minimum atomic E-state index is -0.288. The molecule has 0 saturated heterocycles. The molecule has 0 aliphatic rings. The molecule has 4 heteroatoms. The average molecular weight is 283 g/mol. The lowest BCUT2D eigenvalue weighted by molar-refractivity contribution is 0.262. The number of carbonyl (C=O) groups excluding carboxylic acids is 1. The van der Waals surface area contributed by atoms with E-state index in [1.807, 2.05) is 24.3 Å². The van der Waals surface area contributed by atoms with Gasteiger partial charge in [0.1, 0.15) is 0 Å². The zero-order valence-corrected chi connectivity index (χ0v) is 12.6. The second-order valence-electron chi connectivity index (χ2n) is 6.03. The normalized spacial score (nSPS) is 11.0. The minimum Gasteiger partial charge on any atom is -0.399 e. The number of anilines is 3. The average Bonchev–Trinajstić information content (AvgIpc) is 2.38. The van der Waals surface area contributed by atoms with E-state index in [2.05, 4.69) is 31.4 Å². The summed E-state index contributed by atoms with van der Waals surface area (Å²) in [7, 11) is 0. The largest absolute Gasteiger partial charge is 0.399 e. The van der Waals surface area contributed by atoms with Crippen LogP contribution in [-0.4, -0.2) is 6.03 Å². The Morgan fingerprint density at radius 2 is 1.57 bits per heavy atom. The molecule has 0 atom stereocenters. The third-order valence-electron chi connectivity index (χ3n) is 3.15. The van der Waals surface area contributed by atoms with Crippen molar-refractivity contribution in [2.45, 2.75) is 26.2 Å². The fourth-order valence-corrected chi connectivity index (χ4v) is 1.96. The number of nitrogens with one attached hydrogen (secondary N) is 2. The fourth-order valence-electron chi connectivity index (χ4n) is 1.96. The van der Waals surface area contributed by atoms with E-state index in [1.54, 1.807) is 24.3 Å². The summed E-state index contributed by atoms with van der Waals surface area (Å²) >= 11 is 0. The second kappa shape index (κ2) is 5.87. The quantitative estimate of drug-likeness (QED) is 0.723. The van der Waals surface area contributed by atoms with Crippen molar-refractivity contribution in [1.82, 2.24) is 0 Å². The predicted molar refractivity (Wildman–Crippen MR) is 88.6 cm³/mol. The van der Waals surface area contributed by atoms with Gasteiger partial charge in [0, 0.05) is 17.1 Å². The van der Waals surface area contributed by atoms with E-state index in [9.17, 15) is 4.79 Å². The van der Waals surface area contributed by atoms with E-state index in [1.165, 1.54) is 5.56 Å². The molecular formula is C17H21N3O. The van der Waals surface area contributed by atoms with Gasteiger partial charge in [-0.1, -0.05) is 39.0 Å². The highest BCUT2D eigenvalue weighted by Crippen LogP contribution is 2.23. The molecule has 0 fully saturated rings. The van der Waals surface area contributed by atoms with Gasteiger partial charge in [-0.05, 0) is 41.3 Å². The first-order chi connectivity index (χ1) is 9.84. The van der Waals surface area contributed by atoms with E-state index in [0.29, 0.717) is 11.4 Å². The third-order valence-corrected chi connectivity index (χ3v) is 3.15. The molecule has 0 unspecified atom stereocenters. The highest BCUT2D eigenvalue weighted by molar-refractivity contribution is 5.99. The van der Waals surface area contributed by atoms with Crippen molar-refractivity contribution < 1.29 is 4.79 Å². The van der Waals surface area contributed by atoms with Crippen LogP contribution in [-0.2, 0) is 5.41 Å². The molecule has 0 spiro atoms. The maximum atomic E-state index is 11.9. The van der Waals surface area contributed by atoms with E-state index in [4.69, 9.17) is 5.73 Å². The first kappa shape index (κ1) is 14.9. The molecule has 4 N–H and O–H groups in total. The van der Waals surface area contributed by atoms with Crippen molar-refractivity contribution in [3.8, 4) is 0 Å². The Hall–Kier alpha value is -2.49. The number of benzene rings is 2. The van der Waals surface area contributed by atoms with Gasteiger partial charge in [0.05, 0.1) is 0 Å². The number of nitrogens with two attached hydrogens (primary N) is 1. The standard InChI is InChI=1S/C17H21N3O/c1-17(2,3)12-7-9-14(10-8-12)19-16(21)20-15-6-4-5-13(18)11-15/h4-11H,18H2,1-3H3,(H2,19,20,21). The number of urea groups is 1. The second-order valence-corrected chi connectivity index (χ2v) is 6.03. The molecule has 110 valence electrons. The van der Waals surface area contributed by atoms with Gasteiger partial charge >= 0.3 is 6.03 Å². The molecule has 2 aromatic carbocycles. The van der Waals surface area contributed by atoms with E-state index >= 15 is 0 Å². The smallest absolute Gasteiger partial charge is 0.323 e. The molecule has 0 radical (unpaired) electrons. The zero-order valence-electron chi connectivity index (χ0n) is 12.6. The number of hydrogen-bond acceptors (Lipinski definition) is 2. The van der Waals surface area contributed by atoms with Gasteiger partial charge in [0.25, 0.3) is 0 Å². The van der Waals surface area contributed by atoms with E-state index < -0.39 is 0 Å². The summed E-state index contributed by atoms with van der Waals surface area (Å²) in [5.41, 5.74) is 9.03. The third kappa shape index (κ3) is 4.24. The number of amides is 2. The van der Waals surface area contributed by atoms with Crippen LogP contribution in [0.2, 0.25) is 0 Å². The van der Waals surface area contributed by atoms with Crippen LogP contribution in [0, 0.1) is 0 Å². The SMILES string of the molecule is CC(C)(C)c1ccc(NC(=O)Nc2cccc(N)c2)cc1. The Morgan fingerprint density at radius 3 is 2.14 bits per heavy atom. The van der Waals surface area contributed by atoms with Crippen LogP contribution in [0.25, 0.3) is 0 Å². The lowest BCUT2D eigenvalue weighted by Crippen LogP contribution is -2.19. The molecule has 0 bridgehead atoms. The minimum absolute atomic E-state index is 0.0996. The van der Waals surface area contributed by atoms with Crippen LogP contribution in [0.15, 0.2) is 48.5 Å². The number of hydrogen-bond donors (Lipinski definition) is 3. The highest BCUT2D eigenvalue weighted by Gasteiger charge is 2.13. The lowest BCUT2D eigenvalue weighted by Gasteiger charge is -2.19. The van der Waals surface area contributed by atoms with Crippen molar-refractivity contribution in [3.63, 3.8) is 0 Å². The van der Waals surface area contributed by atoms with Crippen LogP contribution in [0.3, 0.4) is 0 Å². The number of rotatable bonds is 2. The number of carbonyl (C=O) groups is 1. The Bertz CT molecular complexity index is 627. The lowest BCUT2D eigenvalue weighted by atomic mass is 9.87. The van der Waals surface area contributed by atoms with E-state index in [0.717, 1.165) is 5.69 Å². The fraction of sp³-hybridized carbons (Fsp3) is 0.235. The highest BCUT2D eigenvalue weighted by atomic mass is 16.2. The van der Waals surface area contributed by atoms with Gasteiger partial charge in [-0.15, -0.1) is 0 Å². The Morgan fingerprint density at radius 1 is 0.952 bits per heavy atom. The summed E-state index contributed by atoms with van der Waals surface area (Å²) in [5, 5.41) is 5.54. The van der Waals surface area contributed by atoms with Crippen molar-refractivity contribution in [1.29, 1.82) is 0 Å². The molecule has 0 aliphatic carbocycles. The summed E-state index contributed by atoms with van der Waals surface area (Å²) in [6.45, 7) is 6.46.